The predicted molar refractivity (Wildman–Crippen MR) is 113 cm³/mol. The quantitative estimate of drug-likeness (QED) is 0.401. The van der Waals surface area contributed by atoms with Gasteiger partial charge in [-0.05, 0) is 59.9 Å². The third kappa shape index (κ3) is 2.92. The van der Waals surface area contributed by atoms with Crippen molar-refractivity contribution in [3.8, 4) is 11.3 Å². The van der Waals surface area contributed by atoms with Crippen LogP contribution >= 0.6 is 11.3 Å². The molecule has 5 rings (SSSR count). The summed E-state index contributed by atoms with van der Waals surface area (Å²) in [5.74, 6) is -0.311. The Morgan fingerprint density at radius 3 is 2.86 bits per heavy atom. The lowest BCUT2D eigenvalue weighted by molar-refractivity contribution is 0.0950. The summed E-state index contributed by atoms with van der Waals surface area (Å²) in [5.41, 5.74) is 7.52. The smallest absolute Gasteiger partial charge is 0.272 e. The van der Waals surface area contributed by atoms with E-state index >= 15 is 0 Å². The van der Waals surface area contributed by atoms with Gasteiger partial charge in [0, 0.05) is 15.3 Å². The fraction of sp³-hybridized carbons (Fsp3) is 0.136. The molecule has 138 valence electrons. The van der Waals surface area contributed by atoms with Gasteiger partial charge in [0.1, 0.15) is 5.69 Å². The Morgan fingerprint density at radius 1 is 1.18 bits per heavy atom. The van der Waals surface area contributed by atoms with Gasteiger partial charge in [0.05, 0.1) is 11.9 Å². The van der Waals surface area contributed by atoms with Crippen LogP contribution in [0, 0.1) is 6.92 Å². The van der Waals surface area contributed by atoms with Crippen LogP contribution in [0.25, 0.3) is 22.0 Å². The first-order valence-corrected chi connectivity index (χ1v) is 10.00. The fourth-order valence-electron chi connectivity index (χ4n) is 3.78. The second kappa shape index (κ2) is 6.73. The average Bonchev–Trinajstić information content (AvgIpc) is 3.43. The molecular formula is C22H18N4OS. The van der Waals surface area contributed by atoms with Gasteiger partial charge >= 0.3 is 0 Å². The number of amides is 1. The lowest BCUT2D eigenvalue weighted by Crippen LogP contribution is -2.17. The van der Waals surface area contributed by atoms with Crippen LogP contribution in [0.2, 0.25) is 0 Å². The number of carbonyl (C=O) groups excluding carboxylic acids is 1. The number of carbonyl (C=O) groups is 1. The van der Waals surface area contributed by atoms with Gasteiger partial charge in [-0.1, -0.05) is 30.3 Å². The van der Waals surface area contributed by atoms with E-state index in [2.05, 4.69) is 51.1 Å². The van der Waals surface area contributed by atoms with Gasteiger partial charge in [-0.3, -0.25) is 9.89 Å². The lowest BCUT2D eigenvalue weighted by Gasteiger charge is -2.06. The number of aromatic nitrogens is 2. The highest BCUT2D eigenvalue weighted by Crippen LogP contribution is 2.36. The van der Waals surface area contributed by atoms with Crippen molar-refractivity contribution in [1.29, 1.82) is 0 Å². The number of rotatable bonds is 4. The van der Waals surface area contributed by atoms with Crippen molar-refractivity contribution in [2.75, 3.05) is 0 Å². The van der Waals surface area contributed by atoms with E-state index < -0.39 is 0 Å². The predicted octanol–water partition coefficient (Wildman–Crippen LogP) is 4.46. The summed E-state index contributed by atoms with van der Waals surface area (Å²) >= 11 is 1.62. The molecule has 2 aromatic carbocycles. The molecule has 0 saturated carbocycles. The molecule has 0 bridgehead atoms. The number of nitrogens with one attached hydrogen (secondary N) is 2. The molecule has 0 unspecified atom stereocenters. The number of aromatic amines is 1. The van der Waals surface area contributed by atoms with Gasteiger partial charge in [-0.25, -0.2) is 5.43 Å². The third-order valence-electron chi connectivity index (χ3n) is 5.09. The standard InChI is InChI=1S/C22H18N4OS/c1-13-5-9-16(28-13)12-23-26-22(27)20-11-19(24-25-20)17-10-8-15-7-6-14-3-2-4-18(17)21(14)15/h2-5,8-12H,6-7H2,1H3,(H,24,25)(H,26,27)/b23-12+. The second-order valence-corrected chi connectivity index (χ2v) is 8.25. The number of nitrogens with zero attached hydrogens (tertiary/aromatic N) is 2. The van der Waals surface area contributed by atoms with Crippen molar-refractivity contribution < 1.29 is 4.79 Å². The molecule has 0 atom stereocenters. The van der Waals surface area contributed by atoms with E-state index in [-0.39, 0.29) is 5.91 Å². The highest BCUT2D eigenvalue weighted by Gasteiger charge is 2.18. The molecule has 1 aliphatic carbocycles. The molecule has 0 fully saturated rings. The van der Waals surface area contributed by atoms with Crippen LogP contribution in [0.5, 0.6) is 0 Å². The zero-order valence-electron chi connectivity index (χ0n) is 15.3. The van der Waals surface area contributed by atoms with Gasteiger partial charge in [0.2, 0.25) is 0 Å². The SMILES string of the molecule is Cc1ccc(/C=N/NC(=O)c2cc(-c3ccc4c5c(cccc35)CC4)n[nH]2)s1. The van der Waals surface area contributed by atoms with Crippen LogP contribution in [-0.4, -0.2) is 22.3 Å². The van der Waals surface area contributed by atoms with E-state index in [9.17, 15) is 4.79 Å². The molecule has 28 heavy (non-hydrogen) atoms. The molecule has 4 aromatic rings. The van der Waals surface area contributed by atoms with E-state index in [1.165, 1.54) is 26.8 Å². The Morgan fingerprint density at radius 2 is 2.04 bits per heavy atom. The minimum Gasteiger partial charge on any atom is -0.272 e. The Kier molecular flexibility index (Phi) is 4.06. The molecule has 1 amide bonds. The Bertz CT molecular complexity index is 1220. The number of hydrogen-bond donors (Lipinski definition) is 2. The maximum atomic E-state index is 12.4. The number of thiophene rings is 1. The van der Waals surface area contributed by atoms with Gasteiger partial charge in [0.15, 0.2) is 0 Å². The maximum absolute atomic E-state index is 12.4. The summed E-state index contributed by atoms with van der Waals surface area (Å²) in [6.45, 7) is 2.03. The first-order chi connectivity index (χ1) is 13.7. The summed E-state index contributed by atoms with van der Waals surface area (Å²) in [5, 5.41) is 13.8. The van der Waals surface area contributed by atoms with Gasteiger partial charge in [-0.15, -0.1) is 11.3 Å². The molecule has 0 saturated heterocycles. The topological polar surface area (TPSA) is 70.1 Å². The summed E-state index contributed by atoms with van der Waals surface area (Å²) in [4.78, 5) is 14.6. The summed E-state index contributed by atoms with van der Waals surface area (Å²) in [6, 6.07) is 16.5. The molecule has 0 spiro atoms. The van der Waals surface area contributed by atoms with Crippen LogP contribution in [0.4, 0.5) is 0 Å². The lowest BCUT2D eigenvalue weighted by atomic mass is 9.98. The zero-order valence-corrected chi connectivity index (χ0v) is 16.1. The van der Waals surface area contributed by atoms with Crippen molar-refractivity contribution >= 4 is 34.2 Å². The Balaban J connectivity index is 1.40. The maximum Gasteiger partial charge on any atom is 0.289 e. The molecule has 1 aliphatic rings. The van der Waals surface area contributed by atoms with E-state index in [1.807, 2.05) is 19.1 Å². The summed E-state index contributed by atoms with van der Waals surface area (Å²) < 4.78 is 0. The molecule has 6 heteroatoms. The zero-order chi connectivity index (χ0) is 19.1. The number of aryl methyl sites for hydroxylation is 3. The first-order valence-electron chi connectivity index (χ1n) is 9.18. The van der Waals surface area contributed by atoms with Crippen molar-refractivity contribution in [3.63, 3.8) is 0 Å². The summed E-state index contributed by atoms with van der Waals surface area (Å²) in [7, 11) is 0. The molecule has 2 N–H and O–H groups in total. The van der Waals surface area contributed by atoms with E-state index in [4.69, 9.17) is 0 Å². The number of hydrogen-bond acceptors (Lipinski definition) is 4. The van der Waals surface area contributed by atoms with Crippen LogP contribution in [0.15, 0.2) is 53.6 Å². The van der Waals surface area contributed by atoms with Gasteiger partial charge in [-0.2, -0.15) is 10.2 Å². The largest absolute Gasteiger partial charge is 0.289 e. The molecule has 0 radical (unpaired) electrons. The van der Waals surface area contributed by atoms with Crippen molar-refractivity contribution in [2.24, 2.45) is 5.10 Å². The Labute approximate surface area is 166 Å². The monoisotopic (exact) mass is 386 g/mol. The van der Waals surface area contributed by atoms with Gasteiger partial charge in [0.25, 0.3) is 5.91 Å². The second-order valence-electron chi connectivity index (χ2n) is 6.93. The molecular weight excluding hydrogens is 368 g/mol. The van der Waals surface area contributed by atoms with Gasteiger partial charge < -0.3 is 0 Å². The minimum absolute atomic E-state index is 0.311. The fourth-order valence-corrected chi connectivity index (χ4v) is 4.53. The molecule has 2 heterocycles. The average molecular weight is 386 g/mol. The highest BCUT2D eigenvalue weighted by molar-refractivity contribution is 7.13. The third-order valence-corrected chi connectivity index (χ3v) is 6.03. The van der Waals surface area contributed by atoms with Crippen LogP contribution < -0.4 is 5.43 Å². The normalized spacial score (nSPS) is 12.9. The van der Waals surface area contributed by atoms with Crippen molar-refractivity contribution in [1.82, 2.24) is 15.6 Å². The van der Waals surface area contributed by atoms with E-state index in [0.717, 1.165) is 29.0 Å². The van der Waals surface area contributed by atoms with E-state index in [1.54, 1.807) is 23.6 Å². The molecule has 5 nitrogen and oxygen atoms in total. The first kappa shape index (κ1) is 16.9. The number of H-pyrrole nitrogens is 1. The number of benzene rings is 2. The van der Waals surface area contributed by atoms with Crippen molar-refractivity contribution in [2.45, 2.75) is 19.8 Å². The number of hydrazone groups is 1. The van der Waals surface area contributed by atoms with Crippen LogP contribution in [0.3, 0.4) is 0 Å². The minimum atomic E-state index is -0.311. The van der Waals surface area contributed by atoms with Crippen LogP contribution in [-0.2, 0) is 12.8 Å². The molecule has 2 aromatic heterocycles. The molecule has 0 aliphatic heterocycles. The summed E-state index contributed by atoms with van der Waals surface area (Å²) in [6.07, 6.45) is 3.83. The van der Waals surface area contributed by atoms with Crippen LogP contribution in [0.1, 0.15) is 31.4 Å². The van der Waals surface area contributed by atoms with E-state index in [0.29, 0.717) is 5.69 Å². The Hall–Kier alpha value is -3.25. The highest BCUT2D eigenvalue weighted by atomic mass is 32.1. The van der Waals surface area contributed by atoms with Crippen molar-refractivity contribution in [3.05, 3.63) is 75.1 Å².